The van der Waals surface area contributed by atoms with Crippen molar-refractivity contribution in [1.29, 1.82) is 0 Å². The van der Waals surface area contributed by atoms with Crippen LogP contribution in [0, 0.1) is 0 Å². The van der Waals surface area contributed by atoms with Gasteiger partial charge in [-0.15, -0.1) is 0 Å². The Morgan fingerprint density at radius 1 is 1.47 bits per heavy atom. The molecule has 0 fully saturated rings. The first-order valence-electron chi connectivity index (χ1n) is 5.92. The summed E-state index contributed by atoms with van der Waals surface area (Å²) in [4.78, 5) is 26.4. The number of nitrogens with zero attached hydrogens (tertiary/aromatic N) is 2. The van der Waals surface area contributed by atoms with Gasteiger partial charge in [0.2, 0.25) is 5.91 Å². The fourth-order valence-corrected chi connectivity index (χ4v) is 1.90. The maximum atomic E-state index is 11.8. The van der Waals surface area contributed by atoms with Gasteiger partial charge in [0, 0.05) is 21.1 Å². The molecular formula is C13H17N3O3. The number of carbonyl (C=O) groups is 2. The van der Waals surface area contributed by atoms with Gasteiger partial charge >= 0.3 is 0 Å². The molecule has 0 aromatic heterocycles. The van der Waals surface area contributed by atoms with Crippen molar-refractivity contribution in [3.05, 3.63) is 23.8 Å². The summed E-state index contributed by atoms with van der Waals surface area (Å²) >= 11 is 0. The fraction of sp³-hybridized carbons (Fsp3) is 0.385. The second kappa shape index (κ2) is 4.89. The Bertz CT molecular complexity index is 528. The molecule has 1 heterocycles. The lowest BCUT2D eigenvalue weighted by atomic mass is 10.0. The van der Waals surface area contributed by atoms with Crippen LogP contribution < -0.4 is 15.4 Å². The lowest BCUT2D eigenvalue weighted by Gasteiger charge is -2.27. The smallest absolute Gasteiger partial charge is 0.264 e. The molecule has 0 spiro atoms. The van der Waals surface area contributed by atoms with E-state index in [0.29, 0.717) is 17.0 Å². The molecule has 2 amide bonds. The number of ether oxygens (including phenoxy) is 1. The number of anilines is 1. The standard InChI is InChI=1S/C13H17N3O3/c1-15(2)13(18)12(14)8-4-5-10-9(6-8)16(3)11(17)7-19-10/h4-6,12H,7,14H2,1-3H3. The van der Waals surface area contributed by atoms with Gasteiger partial charge in [0.05, 0.1) is 5.69 Å². The highest BCUT2D eigenvalue weighted by Gasteiger charge is 2.25. The summed E-state index contributed by atoms with van der Waals surface area (Å²) < 4.78 is 5.32. The molecule has 1 aliphatic rings. The SMILES string of the molecule is CN(C)C(=O)C(N)c1ccc2c(c1)N(C)C(=O)CO2. The van der Waals surface area contributed by atoms with Crippen LogP contribution in [0.15, 0.2) is 18.2 Å². The zero-order chi connectivity index (χ0) is 14.2. The Hall–Kier alpha value is -2.08. The van der Waals surface area contributed by atoms with E-state index in [0.717, 1.165) is 0 Å². The van der Waals surface area contributed by atoms with Crippen molar-refractivity contribution in [2.24, 2.45) is 5.73 Å². The van der Waals surface area contributed by atoms with Gasteiger partial charge < -0.3 is 20.3 Å². The van der Waals surface area contributed by atoms with E-state index in [2.05, 4.69) is 0 Å². The predicted octanol–water partition coefficient (Wildman–Crippen LogP) is 0.130. The largest absolute Gasteiger partial charge is 0.482 e. The normalized spacial score (nSPS) is 15.6. The number of rotatable bonds is 2. The number of likely N-dealkylation sites (N-methyl/N-ethyl adjacent to an activating group) is 2. The van der Waals surface area contributed by atoms with E-state index in [1.54, 1.807) is 39.3 Å². The predicted molar refractivity (Wildman–Crippen MR) is 71.0 cm³/mol. The number of fused-ring (bicyclic) bond motifs is 1. The van der Waals surface area contributed by atoms with Crippen molar-refractivity contribution >= 4 is 17.5 Å². The Kier molecular flexibility index (Phi) is 3.44. The molecular weight excluding hydrogens is 246 g/mol. The van der Waals surface area contributed by atoms with Crippen LogP contribution in [0.2, 0.25) is 0 Å². The summed E-state index contributed by atoms with van der Waals surface area (Å²) in [5.41, 5.74) is 7.21. The molecule has 1 aromatic carbocycles. The average molecular weight is 263 g/mol. The Morgan fingerprint density at radius 2 is 2.16 bits per heavy atom. The molecule has 19 heavy (non-hydrogen) atoms. The van der Waals surface area contributed by atoms with Gasteiger partial charge in [-0.05, 0) is 17.7 Å². The van der Waals surface area contributed by atoms with Gasteiger partial charge in [0.1, 0.15) is 11.8 Å². The summed E-state index contributed by atoms with van der Waals surface area (Å²) in [6, 6.07) is 4.45. The maximum absolute atomic E-state index is 11.8. The number of amides is 2. The lowest BCUT2D eigenvalue weighted by Crippen LogP contribution is -2.36. The minimum Gasteiger partial charge on any atom is -0.482 e. The molecule has 1 aliphatic heterocycles. The number of carbonyl (C=O) groups excluding carboxylic acids is 2. The van der Waals surface area contributed by atoms with E-state index >= 15 is 0 Å². The summed E-state index contributed by atoms with van der Waals surface area (Å²) in [7, 11) is 4.98. The molecule has 0 radical (unpaired) electrons. The molecule has 2 rings (SSSR count). The van der Waals surface area contributed by atoms with Crippen molar-refractivity contribution < 1.29 is 14.3 Å². The van der Waals surface area contributed by atoms with Crippen LogP contribution in [0.1, 0.15) is 11.6 Å². The van der Waals surface area contributed by atoms with E-state index in [1.807, 2.05) is 0 Å². The van der Waals surface area contributed by atoms with Crippen LogP contribution >= 0.6 is 0 Å². The zero-order valence-electron chi connectivity index (χ0n) is 11.2. The lowest BCUT2D eigenvalue weighted by molar-refractivity contribution is -0.130. The highest BCUT2D eigenvalue weighted by Crippen LogP contribution is 2.33. The van der Waals surface area contributed by atoms with Crippen molar-refractivity contribution in [2.75, 3.05) is 32.6 Å². The Labute approximate surface area is 111 Å². The van der Waals surface area contributed by atoms with Gasteiger partial charge in [-0.25, -0.2) is 0 Å². The van der Waals surface area contributed by atoms with Crippen LogP contribution in [-0.2, 0) is 9.59 Å². The first-order valence-corrected chi connectivity index (χ1v) is 5.92. The number of nitrogens with two attached hydrogens (primary N) is 1. The topological polar surface area (TPSA) is 75.9 Å². The number of hydrogen-bond donors (Lipinski definition) is 1. The summed E-state index contributed by atoms with van der Waals surface area (Å²) in [6.07, 6.45) is 0. The van der Waals surface area contributed by atoms with Gasteiger partial charge in [0.25, 0.3) is 5.91 Å². The summed E-state index contributed by atoms with van der Waals surface area (Å²) in [6.45, 7) is 0.0333. The average Bonchev–Trinajstić information content (AvgIpc) is 2.41. The van der Waals surface area contributed by atoms with E-state index < -0.39 is 6.04 Å². The van der Waals surface area contributed by atoms with Crippen LogP contribution in [-0.4, -0.2) is 44.5 Å². The molecule has 1 atom stereocenters. The van der Waals surface area contributed by atoms with Crippen molar-refractivity contribution in [3.8, 4) is 5.75 Å². The first kappa shape index (κ1) is 13.4. The van der Waals surface area contributed by atoms with Gasteiger partial charge in [-0.3, -0.25) is 9.59 Å². The highest BCUT2D eigenvalue weighted by molar-refractivity contribution is 5.97. The van der Waals surface area contributed by atoms with Gasteiger partial charge in [-0.1, -0.05) is 6.07 Å². The van der Waals surface area contributed by atoms with Crippen LogP contribution in [0.5, 0.6) is 5.75 Å². The highest BCUT2D eigenvalue weighted by atomic mass is 16.5. The summed E-state index contributed by atoms with van der Waals surface area (Å²) in [5.74, 6) is 0.304. The van der Waals surface area contributed by atoms with Crippen LogP contribution in [0.4, 0.5) is 5.69 Å². The first-order chi connectivity index (χ1) is 8.91. The third-order valence-corrected chi connectivity index (χ3v) is 3.14. The van der Waals surface area contributed by atoms with Gasteiger partial charge in [-0.2, -0.15) is 0 Å². The third kappa shape index (κ3) is 2.39. The van der Waals surface area contributed by atoms with E-state index in [9.17, 15) is 9.59 Å². The Morgan fingerprint density at radius 3 is 2.79 bits per heavy atom. The summed E-state index contributed by atoms with van der Waals surface area (Å²) in [5, 5.41) is 0. The molecule has 0 bridgehead atoms. The molecule has 0 saturated heterocycles. The van der Waals surface area contributed by atoms with E-state index in [1.165, 1.54) is 9.80 Å². The molecule has 102 valence electrons. The van der Waals surface area contributed by atoms with Crippen molar-refractivity contribution in [1.82, 2.24) is 4.90 Å². The quantitative estimate of drug-likeness (QED) is 0.823. The second-order valence-electron chi connectivity index (χ2n) is 4.68. The Balaban J connectivity index is 2.35. The van der Waals surface area contributed by atoms with Crippen LogP contribution in [0.25, 0.3) is 0 Å². The van der Waals surface area contributed by atoms with E-state index in [-0.39, 0.29) is 18.4 Å². The molecule has 6 heteroatoms. The zero-order valence-corrected chi connectivity index (χ0v) is 11.2. The molecule has 1 aromatic rings. The number of benzene rings is 1. The van der Waals surface area contributed by atoms with E-state index in [4.69, 9.17) is 10.5 Å². The minimum absolute atomic E-state index is 0.0333. The maximum Gasteiger partial charge on any atom is 0.264 e. The van der Waals surface area contributed by atoms with Crippen molar-refractivity contribution in [3.63, 3.8) is 0 Å². The van der Waals surface area contributed by atoms with Crippen molar-refractivity contribution in [2.45, 2.75) is 6.04 Å². The fourth-order valence-electron chi connectivity index (χ4n) is 1.90. The monoisotopic (exact) mass is 263 g/mol. The van der Waals surface area contributed by atoms with Gasteiger partial charge in [0.15, 0.2) is 6.61 Å². The molecule has 6 nitrogen and oxygen atoms in total. The number of hydrogen-bond acceptors (Lipinski definition) is 4. The minimum atomic E-state index is -0.745. The molecule has 2 N–H and O–H groups in total. The van der Waals surface area contributed by atoms with Crippen LogP contribution in [0.3, 0.4) is 0 Å². The molecule has 0 aliphatic carbocycles. The molecule has 1 unspecified atom stereocenters. The third-order valence-electron chi connectivity index (χ3n) is 3.14. The molecule has 0 saturated carbocycles. The second-order valence-corrected chi connectivity index (χ2v) is 4.68.